The first-order chi connectivity index (χ1) is 34.9. The van der Waals surface area contributed by atoms with Crippen molar-refractivity contribution < 1.29 is 24.2 Å². The molecular formula is C54H58ClN11O5S2. The Hall–Kier alpha value is -6.60. The van der Waals surface area contributed by atoms with Crippen LogP contribution in [0.25, 0.3) is 26.6 Å². The highest BCUT2D eigenvalue weighted by molar-refractivity contribution is 7.15. The topological polar surface area (TPSA) is 195 Å². The number of ether oxygens (including phenoxy) is 1. The van der Waals surface area contributed by atoms with E-state index in [1.54, 1.807) is 39.7 Å². The molecule has 10 rings (SSSR count). The zero-order valence-electron chi connectivity index (χ0n) is 42.0. The number of rotatable bonds is 13. The van der Waals surface area contributed by atoms with Gasteiger partial charge in [0.15, 0.2) is 5.82 Å². The van der Waals surface area contributed by atoms with Crippen molar-refractivity contribution in [3.05, 3.63) is 134 Å². The van der Waals surface area contributed by atoms with E-state index in [2.05, 4.69) is 44.6 Å². The Morgan fingerprint density at radius 3 is 2.38 bits per heavy atom. The van der Waals surface area contributed by atoms with Crippen LogP contribution >= 0.6 is 34.3 Å². The SMILES string of the molecule is Cc1ncsc1-c1ccc([C@H](C)NC(=O)[C@@H]2C[C@@H](O)CN2C(=O)[C@@H](n2cc(-c3ccnc(O[C@H]4C[C@H](NC(=O)C[C@@H]5N=C(c6ccc(Cl)cc6)c6c(sc(C)c6C)-n6c(C)nnc65)C4)c3)cn2)C(C)(C)C)cc1. The zero-order chi connectivity index (χ0) is 51.5. The molecule has 1 saturated heterocycles. The zero-order valence-corrected chi connectivity index (χ0v) is 44.3. The van der Waals surface area contributed by atoms with Gasteiger partial charge in [-0.15, -0.1) is 32.9 Å². The number of β-amino-alcohol motifs (C(OH)–C–C–N with tert-alkyl or cyclic N) is 1. The molecule has 19 heteroatoms. The van der Waals surface area contributed by atoms with E-state index in [1.807, 2.05) is 118 Å². The van der Waals surface area contributed by atoms with E-state index < -0.39 is 29.6 Å². The van der Waals surface area contributed by atoms with Gasteiger partial charge in [0.1, 0.15) is 35.1 Å². The third-order valence-electron chi connectivity index (χ3n) is 14.1. The summed E-state index contributed by atoms with van der Waals surface area (Å²) in [4.78, 5) is 60.2. The molecule has 2 aliphatic heterocycles. The number of pyridine rings is 1. The number of fused-ring (bicyclic) bond motifs is 3. The summed E-state index contributed by atoms with van der Waals surface area (Å²) in [5.41, 5.74) is 9.55. The molecule has 16 nitrogen and oxygen atoms in total. The second-order valence-corrected chi connectivity index (χ2v) is 23.0. The molecule has 3 aliphatic rings. The van der Waals surface area contributed by atoms with Gasteiger partial charge in [0.25, 0.3) is 0 Å². The van der Waals surface area contributed by atoms with Gasteiger partial charge >= 0.3 is 0 Å². The highest BCUT2D eigenvalue weighted by atomic mass is 35.5. The molecule has 3 amide bonds. The van der Waals surface area contributed by atoms with Crippen molar-refractivity contribution in [2.45, 2.75) is 123 Å². The number of aliphatic imine (C=N–C) groups is 1. The summed E-state index contributed by atoms with van der Waals surface area (Å²) in [6, 6.07) is 16.7. The van der Waals surface area contributed by atoms with Crippen LogP contribution in [0.5, 0.6) is 5.88 Å². The number of aliphatic hydroxyl groups excluding tert-OH is 1. The lowest BCUT2D eigenvalue weighted by atomic mass is 9.85. The number of thiazole rings is 1. The largest absolute Gasteiger partial charge is 0.474 e. The third kappa shape index (κ3) is 10.1. The van der Waals surface area contributed by atoms with Crippen LogP contribution in [0, 0.1) is 33.1 Å². The minimum Gasteiger partial charge on any atom is -0.474 e. The monoisotopic (exact) mass is 1040 g/mol. The maximum absolute atomic E-state index is 14.6. The standard InChI is InChI=1S/C54H58ClN11O5S2/c1-28-31(4)73-53-46(28)47(34-13-15-38(55)16-14-34)61-42(50-63-62-32(5)66(50)53)23-44(68)60-39-20-41(21-39)71-45-19-36(17-18-56-45)37-24-58-65(25-37)49(54(6,7)8)52(70)64-26-40(67)22-43(64)51(69)59-29(2)33-9-11-35(12-10-33)48-30(3)57-27-72-48/h9-19,24-25,27,29,39-43,49,67H,20-23,26H2,1-8H3,(H,59,69)(H,60,68)/t29-,39-,40+,41-,42-,43-,49+/m0/s1. The Bertz CT molecular complexity index is 3240. The number of nitrogens with zero attached hydrogens (tertiary/aromatic N) is 9. The van der Waals surface area contributed by atoms with Crippen LogP contribution in [0.15, 0.2) is 89.8 Å². The van der Waals surface area contributed by atoms with Gasteiger partial charge < -0.3 is 25.4 Å². The highest BCUT2D eigenvalue weighted by Gasteiger charge is 2.45. The molecule has 5 atom stereocenters. The Morgan fingerprint density at radius 1 is 0.932 bits per heavy atom. The van der Waals surface area contributed by atoms with Crippen LogP contribution in [-0.4, -0.2) is 98.8 Å². The molecule has 7 heterocycles. The Morgan fingerprint density at radius 2 is 1.67 bits per heavy atom. The minimum atomic E-state index is -0.857. The number of hydrogen-bond acceptors (Lipinski definition) is 13. The number of halogens is 1. The molecule has 73 heavy (non-hydrogen) atoms. The van der Waals surface area contributed by atoms with Crippen molar-refractivity contribution >= 4 is 57.7 Å². The van der Waals surface area contributed by atoms with Crippen LogP contribution in [0.1, 0.15) is 116 Å². The molecule has 2 fully saturated rings. The molecule has 1 saturated carbocycles. The predicted octanol–water partition coefficient (Wildman–Crippen LogP) is 9.03. The van der Waals surface area contributed by atoms with Crippen molar-refractivity contribution in [3.63, 3.8) is 0 Å². The van der Waals surface area contributed by atoms with Crippen LogP contribution in [0.2, 0.25) is 5.02 Å². The number of benzene rings is 2. The van der Waals surface area contributed by atoms with Gasteiger partial charge in [-0.2, -0.15) is 5.10 Å². The van der Waals surface area contributed by atoms with Crippen LogP contribution in [0.4, 0.5) is 0 Å². The van der Waals surface area contributed by atoms with E-state index >= 15 is 0 Å². The van der Waals surface area contributed by atoms with Crippen molar-refractivity contribution in [2.24, 2.45) is 10.4 Å². The molecule has 7 aromatic rings. The fraction of sp³-hybridized carbons (Fsp3) is 0.389. The van der Waals surface area contributed by atoms with Gasteiger partial charge in [-0.05, 0) is 80.5 Å². The summed E-state index contributed by atoms with van der Waals surface area (Å²) >= 11 is 9.54. The van der Waals surface area contributed by atoms with Gasteiger partial charge in [-0.25, -0.2) is 9.97 Å². The first kappa shape index (κ1) is 50.0. The predicted molar refractivity (Wildman–Crippen MR) is 282 cm³/mol. The van der Waals surface area contributed by atoms with Gasteiger partial charge in [0.05, 0.1) is 46.6 Å². The summed E-state index contributed by atoms with van der Waals surface area (Å²) < 4.78 is 10.0. The minimum absolute atomic E-state index is 0.0341. The van der Waals surface area contributed by atoms with E-state index in [0.29, 0.717) is 29.6 Å². The second-order valence-electron chi connectivity index (χ2n) is 20.5. The normalized spacial score (nSPS) is 20.3. The fourth-order valence-corrected chi connectivity index (χ4v) is 12.2. The number of likely N-dealkylation sites (tertiary alicyclic amines) is 1. The molecule has 0 spiro atoms. The molecule has 378 valence electrons. The summed E-state index contributed by atoms with van der Waals surface area (Å²) in [5, 5.41) is 32.4. The number of hydrogen-bond donors (Lipinski definition) is 3. The molecule has 2 aromatic carbocycles. The Kier molecular flexibility index (Phi) is 13.7. The number of carbonyl (C=O) groups is 3. The van der Waals surface area contributed by atoms with Gasteiger partial charge in [0.2, 0.25) is 23.6 Å². The maximum atomic E-state index is 14.6. The number of aromatic nitrogens is 7. The number of aryl methyl sites for hydroxylation is 3. The summed E-state index contributed by atoms with van der Waals surface area (Å²) in [7, 11) is 0. The molecule has 5 aromatic heterocycles. The number of carbonyl (C=O) groups excluding carboxylic acids is 3. The van der Waals surface area contributed by atoms with Gasteiger partial charge in [-0.1, -0.05) is 68.8 Å². The number of amides is 3. The molecule has 0 radical (unpaired) electrons. The summed E-state index contributed by atoms with van der Waals surface area (Å²) in [5.74, 6) is 1.02. The summed E-state index contributed by atoms with van der Waals surface area (Å²) in [6.07, 6.45) is 5.61. The van der Waals surface area contributed by atoms with Crippen molar-refractivity contribution in [1.29, 1.82) is 0 Å². The lowest BCUT2D eigenvalue weighted by molar-refractivity contribution is -0.144. The number of aliphatic hydroxyl groups is 1. The van der Waals surface area contributed by atoms with E-state index in [1.165, 1.54) is 9.78 Å². The highest BCUT2D eigenvalue weighted by Crippen LogP contribution is 2.41. The average molecular weight is 1040 g/mol. The second kappa shape index (κ2) is 20.0. The van der Waals surface area contributed by atoms with Crippen molar-refractivity contribution in [3.8, 4) is 32.4 Å². The molecule has 0 unspecified atom stereocenters. The van der Waals surface area contributed by atoms with Crippen molar-refractivity contribution in [2.75, 3.05) is 6.54 Å². The van der Waals surface area contributed by atoms with Gasteiger partial charge in [0, 0.05) is 76.9 Å². The van der Waals surface area contributed by atoms with Crippen LogP contribution in [0.3, 0.4) is 0 Å². The fourth-order valence-electron chi connectivity index (χ4n) is 10.1. The number of thiophene rings is 1. The van der Waals surface area contributed by atoms with Crippen molar-refractivity contribution in [1.82, 2.24) is 50.0 Å². The molecule has 3 N–H and O–H groups in total. The van der Waals surface area contributed by atoms with E-state index in [-0.39, 0.29) is 55.3 Å². The number of nitrogens with one attached hydrogen (secondary N) is 2. The van der Waals surface area contributed by atoms with Gasteiger partial charge in [-0.3, -0.25) is 28.6 Å². The van der Waals surface area contributed by atoms with Crippen LogP contribution in [-0.2, 0) is 14.4 Å². The van der Waals surface area contributed by atoms with E-state index in [4.69, 9.17) is 26.4 Å². The maximum Gasteiger partial charge on any atom is 0.248 e. The Labute approximate surface area is 436 Å². The van der Waals surface area contributed by atoms with Crippen LogP contribution < -0.4 is 15.4 Å². The first-order valence-corrected chi connectivity index (χ1v) is 26.6. The molecule has 0 bridgehead atoms. The third-order valence-corrected chi connectivity index (χ3v) is 16.5. The summed E-state index contributed by atoms with van der Waals surface area (Å²) in [6.45, 7) is 15.9. The average Bonchev–Trinajstić information content (AvgIpc) is 4.19. The van der Waals surface area contributed by atoms with E-state index in [9.17, 15) is 19.5 Å². The lowest BCUT2D eigenvalue weighted by Crippen LogP contribution is -2.50. The Balaban J connectivity index is 0.772. The van der Waals surface area contributed by atoms with E-state index in [0.717, 1.165) is 66.1 Å². The first-order valence-electron chi connectivity index (χ1n) is 24.5. The quantitative estimate of drug-likeness (QED) is 0.100. The molecular weight excluding hydrogens is 982 g/mol. The smallest absolute Gasteiger partial charge is 0.248 e. The molecule has 1 aliphatic carbocycles. The lowest BCUT2D eigenvalue weighted by Gasteiger charge is -2.35.